The highest BCUT2D eigenvalue weighted by molar-refractivity contribution is 7.99. The SMILES string of the molecule is COc1ccccc1-c1nnc(SCC(=O)N2CCCC[C@@H]2C(N)=O)n1C. The van der Waals surface area contributed by atoms with Crippen LogP contribution in [0.5, 0.6) is 5.75 Å². The molecule has 2 heterocycles. The van der Waals surface area contributed by atoms with Crippen LogP contribution in [-0.4, -0.2) is 56.9 Å². The first kappa shape index (κ1) is 19.2. The average molecular weight is 389 g/mol. The summed E-state index contributed by atoms with van der Waals surface area (Å²) in [6.45, 7) is 0.568. The first-order valence-corrected chi connectivity index (χ1v) is 9.76. The van der Waals surface area contributed by atoms with E-state index >= 15 is 0 Å². The molecule has 2 aromatic rings. The van der Waals surface area contributed by atoms with E-state index in [2.05, 4.69) is 10.2 Å². The molecular weight excluding hydrogens is 366 g/mol. The van der Waals surface area contributed by atoms with Crippen LogP contribution in [0.25, 0.3) is 11.4 Å². The van der Waals surface area contributed by atoms with E-state index < -0.39 is 11.9 Å². The highest BCUT2D eigenvalue weighted by Gasteiger charge is 2.30. The van der Waals surface area contributed by atoms with Gasteiger partial charge in [-0.2, -0.15) is 0 Å². The summed E-state index contributed by atoms with van der Waals surface area (Å²) in [6.07, 6.45) is 2.44. The predicted octanol–water partition coefficient (Wildman–Crippen LogP) is 1.45. The maximum absolute atomic E-state index is 12.6. The van der Waals surface area contributed by atoms with E-state index in [0.717, 1.165) is 18.4 Å². The van der Waals surface area contributed by atoms with Crippen molar-refractivity contribution in [1.82, 2.24) is 19.7 Å². The molecule has 0 spiro atoms. The number of carbonyl (C=O) groups excluding carboxylic acids is 2. The summed E-state index contributed by atoms with van der Waals surface area (Å²) in [5.41, 5.74) is 6.28. The summed E-state index contributed by atoms with van der Waals surface area (Å²) in [6, 6.07) is 7.06. The Morgan fingerprint density at radius 3 is 2.81 bits per heavy atom. The number of hydrogen-bond acceptors (Lipinski definition) is 6. The average Bonchev–Trinajstić information content (AvgIpc) is 3.06. The number of rotatable bonds is 6. The molecule has 0 unspecified atom stereocenters. The van der Waals surface area contributed by atoms with Crippen molar-refractivity contribution in [3.63, 3.8) is 0 Å². The van der Waals surface area contributed by atoms with E-state index in [1.807, 2.05) is 35.9 Å². The number of primary amides is 1. The van der Waals surface area contributed by atoms with Crippen LogP contribution < -0.4 is 10.5 Å². The second-order valence-electron chi connectivity index (χ2n) is 6.36. The number of amides is 2. The molecule has 1 aliphatic heterocycles. The van der Waals surface area contributed by atoms with Gasteiger partial charge in [-0.25, -0.2) is 0 Å². The normalized spacial score (nSPS) is 17.0. The second kappa shape index (κ2) is 8.43. The fourth-order valence-electron chi connectivity index (χ4n) is 3.24. The van der Waals surface area contributed by atoms with Crippen LogP contribution in [0.1, 0.15) is 19.3 Å². The van der Waals surface area contributed by atoms with Gasteiger partial charge < -0.3 is 19.9 Å². The maximum atomic E-state index is 12.6. The van der Waals surface area contributed by atoms with E-state index in [1.54, 1.807) is 12.0 Å². The molecule has 1 aromatic heterocycles. The largest absolute Gasteiger partial charge is 0.496 e. The van der Waals surface area contributed by atoms with Gasteiger partial charge in [-0.3, -0.25) is 9.59 Å². The molecule has 1 aromatic carbocycles. The number of likely N-dealkylation sites (tertiary alicyclic amines) is 1. The van der Waals surface area contributed by atoms with Crippen molar-refractivity contribution in [1.29, 1.82) is 0 Å². The van der Waals surface area contributed by atoms with Crippen molar-refractivity contribution in [2.24, 2.45) is 12.8 Å². The third-order valence-electron chi connectivity index (χ3n) is 4.66. The topological polar surface area (TPSA) is 103 Å². The molecule has 9 heteroatoms. The number of benzene rings is 1. The third kappa shape index (κ3) is 4.08. The van der Waals surface area contributed by atoms with E-state index in [1.165, 1.54) is 11.8 Å². The van der Waals surface area contributed by atoms with Crippen LogP contribution in [0.15, 0.2) is 29.4 Å². The van der Waals surface area contributed by atoms with Crippen molar-refractivity contribution < 1.29 is 14.3 Å². The number of aromatic nitrogens is 3. The summed E-state index contributed by atoms with van der Waals surface area (Å²) in [7, 11) is 3.46. The number of methoxy groups -OCH3 is 1. The molecule has 2 amide bonds. The van der Waals surface area contributed by atoms with E-state index in [4.69, 9.17) is 10.5 Å². The Morgan fingerprint density at radius 2 is 2.07 bits per heavy atom. The standard InChI is InChI=1S/C18H23N5O3S/c1-22-17(12-7-3-4-9-14(12)26-2)20-21-18(22)27-11-15(24)23-10-6-5-8-13(23)16(19)25/h3-4,7,9,13H,5-6,8,10-11H2,1-2H3,(H2,19,25)/t13-/m1/s1. The Hall–Kier alpha value is -2.55. The van der Waals surface area contributed by atoms with E-state index in [-0.39, 0.29) is 11.7 Å². The first-order chi connectivity index (χ1) is 13.0. The van der Waals surface area contributed by atoms with Crippen molar-refractivity contribution in [2.75, 3.05) is 19.4 Å². The van der Waals surface area contributed by atoms with Gasteiger partial charge in [0.15, 0.2) is 11.0 Å². The van der Waals surface area contributed by atoms with Gasteiger partial charge in [0.25, 0.3) is 0 Å². The summed E-state index contributed by atoms with van der Waals surface area (Å²) >= 11 is 1.30. The minimum atomic E-state index is -0.504. The van der Waals surface area contributed by atoms with Gasteiger partial charge in [0.05, 0.1) is 18.4 Å². The number of ether oxygens (including phenoxy) is 1. The van der Waals surface area contributed by atoms with Crippen LogP contribution in [0.4, 0.5) is 0 Å². The lowest BCUT2D eigenvalue weighted by molar-refractivity contribution is -0.138. The van der Waals surface area contributed by atoms with Gasteiger partial charge in [0.1, 0.15) is 11.8 Å². The number of nitrogens with two attached hydrogens (primary N) is 1. The molecule has 2 N–H and O–H groups in total. The molecule has 0 radical (unpaired) electrons. The van der Waals surface area contributed by atoms with Gasteiger partial charge >= 0.3 is 0 Å². The molecular formula is C18H23N5O3S. The molecule has 1 atom stereocenters. The highest BCUT2D eigenvalue weighted by atomic mass is 32.2. The van der Waals surface area contributed by atoms with Gasteiger partial charge in [-0.1, -0.05) is 23.9 Å². The minimum absolute atomic E-state index is 0.106. The van der Waals surface area contributed by atoms with Crippen LogP contribution >= 0.6 is 11.8 Å². The Labute approximate surface area is 162 Å². The lowest BCUT2D eigenvalue weighted by atomic mass is 10.0. The predicted molar refractivity (Wildman–Crippen MR) is 102 cm³/mol. The lowest BCUT2D eigenvalue weighted by Gasteiger charge is -2.33. The first-order valence-electron chi connectivity index (χ1n) is 8.77. The summed E-state index contributed by atoms with van der Waals surface area (Å²) in [5, 5.41) is 9.06. The Balaban J connectivity index is 1.71. The minimum Gasteiger partial charge on any atom is -0.496 e. The molecule has 144 valence electrons. The Bertz CT molecular complexity index is 838. The highest BCUT2D eigenvalue weighted by Crippen LogP contribution is 2.30. The summed E-state index contributed by atoms with van der Waals surface area (Å²) < 4.78 is 7.21. The molecule has 8 nitrogen and oxygen atoms in total. The number of carbonyl (C=O) groups is 2. The van der Waals surface area contributed by atoms with Crippen LogP contribution in [-0.2, 0) is 16.6 Å². The van der Waals surface area contributed by atoms with Crippen molar-refractivity contribution in [3.8, 4) is 17.1 Å². The molecule has 3 rings (SSSR count). The zero-order valence-electron chi connectivity index (χ0n) is 15.4. The molecule has 27 heavy (non-hydrogen) atoms. The number of nitrogens with zero attached hydrogens (tertiary/aromatic N) is 4. The van der Waals surface area contributed by atoms with Crippen LogP contribution in [0.3, 0.4) is 0 Å². The van der Waals surface area contributed by atoms with Gasteiger partial charge in [0.2, 0.25) is 11.8 Å². The van der Waals surface area contributed by atoms with E-state index in [9.17, 15) is 9.59 Å². The zero-order chi connectivity index (χ0) is 19.4. The molecule has 0 aliphatic carbocycles. The zero-order valence-corrected chi connectivity index (χ0v) is 16.2. The van der Waals surface area contributed by atoms with Crippen molar-refractivity contribution in [3.05, 3.63) is 24.3 Å². The van der Waals surface area contributed by atoms with Gasteiger partial charge in [-0.15, -0.1) is 10.2 Å². The molecule has 1 fully saturated rings. The Kier molecular flexibility index (Phi) is 6.00. The van der Waals surface area contributed by atoms with Crippen molar-refractivity contribution >= 4 is 23.6 Å². The third-order valence-corrected chi connectivity index (χ3v) is 5.66. The fraction of sp³-hybridized carbons (Fsp3) is 0.444. The summed E-state index contributed by atoms with van der Waals surface area (Å²) in [4.78, 5) is 25.8. The number of hydrogen-bond donors (Lipinski definition) is 1. The summed E-state index contributed by atoms with van der Waals surface area (Å²) in [5.74, 6) is 1.01. The van der Waals surface area contributed by atoms with Crippen LogP contribution in [0, 0.1) is 0 Å². The number of thioether (sulfide) groups is 1. The van der Waals surface area contributed by atoms with E-state index in [0.29, 0.717) is 29.7 Å². The smallest absolute Gasteiger partial charge is 0.240 e. The molecule has 0 bridgehead atoms. The lowest BCUT2D eigenvalue weighted by Crippen LogP contribution is -2.51. The number of piperidine rings is 1. The van der Waals surface area contributed by atoms with Gasteiger partial charge in [-0.05, 0) is 31.4 Å². The monoisotopic (exact) mass is 389 g/mol. The number of para-hydroxylation sites is 1. The van der Waals surface area contributed by atoms with Gasteiger partial charge in [0, 0.05) is 13.6 Å². The quantitative estimate of drug-likeness (QED) is 0.750. The van der Waals surface area contributed by atoms with Crippen molar-refractivity contribution in [2.45, 2.75) is 30.5 Å². The maximum Gasteiger partial charge on any atom is 0.240 e. The molecule has 1 aliphatic rings. The fourth-order valence-corrected chi connectivity index (χ4v) is 4.04. The molecule has 1 saturated heterocycles. The molecule has 0 saturated carbocycles. The second-order valence-corrected chi connectivity index (χ2v) is 7.30. The Morgan fingerprint density at radius 1 is 1.30 bits per heavy atom. The van der Waals surface area contributed by atoms with Crippen LogP contribution in [0.2, 0.25) is 0 Å².